The third kappa shape index (κ3) is 2.31. The van der Waals surface area contributed by atoms with E-state index in [0.717, 1.165) is 12.1 Å². The van der Waals surface area contributed by atoms with Gasteiger partial charge in [0.25, 0.3) is 0 Å². The van der Waals surface area contributed by atoms with E-state index >= 15 is 0 Å². The van der Waals surface area contributed by atoms with Crippen LogP contribution in [0.1, 0.15) is 5.56 Å². The Bertz CT molecular complexity index is 512. The van der Waals surface area contributed by atoms with Crippen molar-refractivity contribution in [2.24, 2.45) is 0 Å². The molecule has 2 rings (SSSR count). The number of aliphatic hydroxyl groups excluding tert-OH is 1. The molecular formula is C13H9F3O. The fourth-order valence-electron chi connectivity index (χ4n) is 1.52. The minimum Gasteiger partial charge on any atom is -0.392 e. The molecule has 1 N–H and O–H groups in total. The molecule has 88 valence electrons. The van der Waals surface area contributed by atoms with Crippen molar-refractivity contribution in [1.29, 1.82) is 0 Å². The Kier molecular flexibility index (Phi) is 3.15. The molecule has 0 aromatic heterocycles. The molecule has 0 heterocycles. The summed E-state index contributed by atoms with van der Waals surface area (Å²) in [5.74, 6) is -3.90. The minimum absolute atomic E-state index is 0.105. The second-order valence-electron chi connectivity index (χ2n) is 3.61. The molecule has 0 bridgehead atoms. The van der Waals surface area contributed by atoms with Crippen molar-refractivity contribution in [1.82, 2.24) is 0 Å². The number of rotatable bonds is 2. The van der Waals surface area contributed by atoms with Crippen LogP contribution in [0.4, 0.5) is 13.2 Å². The highest BCUT2D eigenvalue weighted by Gasteiger charge is 2.11. The van der Waals surface area contributed by atoms with Crippen molar-refractivity contribution in [3.63, 3.8) is 0 Å². The van der Waals surface area contributed by atoms with E-state index in [4.69, 9.17) is 5.11 Å². The molecule has 0 radical (unpaired) electrons. The number of benzene rings is 2. The highest BCUT2D eigenvalue weighted by Crippen LogP contribution is 2.24. The van der Waals surface area contributed by atoms with Crippen molar-refractivity contribution in [2.75, 3.05) is 0 Å². The van der Waals surface area contributed by atoms with E-state index in [9.17, 15) is 13.2 Å². The lowest BCUT2D eigenvalue weighted by Crippen LogP contribution is -1.92. The predicted octanol–water partition coefficient (Wildman–Crippen LogP) is 3.26. The smallest absolute Gasteiger partial charge is 0.194 e. The molecule has 0 saturated carbocycles. The maximum absolute atomic E-state index is 13.0. The van der Waals surface area contributed by atoms with Crippen LogP contribution < -0.4 is 0 Å². The van der Waals surface area contributed by atoms with Crippen LogP contribution >= 0.6 is 0 Å². The van der Waals surface area contributed by atoms with Gasteiger partial charge >= 0.3 is 0 Å². The summed E-state index contributed by atoms with van der Waals surface area (Å²) < 4.78 is 38.8. The van der Waals surface area contributed by atoms with Crippen LogP contribution in [-0.4, -0.2) is 5.11 Å². The first-order valence-electron chi connectivity index (χ1n) is 4.96. The van der Waals surface area contributed by atoms with E-state index in [1.165, 1.54) is 0 Å². The molecule has 0 aliphatic carbocycles. The molecule has 4 heteroatoms. The van der Waals surface area contributed by atoms with Crippen molar-refractivity contribution < 1.29 is 18.3 Å². The van der Waals surface area contributed by atoms with Crippen molar-refractivity contribution in [3.05, 3.63) is 59.4 Å². The lowest BCUT2D eigenvalue weighted by molar-refractivity contribution is 0.282. The van der Waals surface area contributed by atoms with Gasteiger partial charge in [-0.25, -0.2) is 13.2 Å². The maximum atomic E-state index is 13.0. The van der Waals surface area contributed by atoms with Crippen LogP contribution in [0.3, 0.4) is 0 Å². The lowest BCUT2D eigenvalue weighted by Gasteiger charge is -2.04. The van der Waals surface area contributed by atoms with E-state index in [-0.39, 0.29) is 12.2 Å². The average Bonchev–Trinajstić information content (AvgIpc) is 2.35. The first-order chi connectivity index (χ1) is 8.11. The third-order valence-electron chi connectivity index (χ3n) is 2.45. The van der Waals surface area contributed by atoms with Gasteiger partial charge in [-0.3, -0.25) is 0 Å². The zero-order chi connectivity index (χ0) is 12.4. The van der Waals surface area contributed by atoms with Gasteiger partial charge in [-0.2, -0.15) is 0 Å². The molecule has 0 saturated heterocycles. The molecular weight excluding hydrogens is 229 g/mol. The second-order valence-corrected chi connectivity index (χ2v) is 3.61. The van der Waals surface area contributed by atoms with Gasteiger partial charge < -0.3 is 5.11 Å². The number of hydrogen-bond acceptors (Lipinski definition) is 1. The summed E-state index contributed by atoms with van der Waals surface area (Å²) in [5, 5.41) is 8.85. The van der Waals surface area contributed by atoms with Gasteiger partial charge in [-0.05, 0) is 28.8 Å². The van der Waals surface area contributed by atoms with Crippen molar-refractivity contribution in [3.8, 4) is 11.1 Å². The van der Waals surface area contributed by atoms with E-state index < -0.39 is 17.5 Å². The fourth-order valence-corrected chi connectivity index (χ4v) is 1.52. The van der Waals surface area contributed by atoms with Gasteiger partial charge in [-0.1, -0.05) is 24.3 Å². The molecule has 0 unspecified atom stereocenters. The molecule has 1 nitrogen and oxygen atoms in total. The first kappa shape index (κ1) is 11.7. The number of halogens is 3. The Balaban J connectivity index is 2.45. The van der Waals surface area contributed by atoms with Gasteiger partial charge in [0.05, 0.1) is 6.61 Å². The topological polar surface area (TPSA) is 20.2 Å². The zero-order valence-electron chi connectivity index (χ0n) is 8.75. The molecule has 0 fully saturated rings. The summed E-state index contributed by atoms with van der Waals surface area (Å²) in [6.07, 6.45) is 0. The van der Waals surface area contributed by atoms with Crippen LogP contribution in [-0.2, 0) is 6.61 Å². The van der Waals surface area contributed by atoms with Crippen molar-refractivity contribution >= 4 is 0 Å². The van der Waals surface area contributed by atoms with E-state index in [1.807, 2.05) is 0 Å². The Morgan fingerprint density at radius 3 is 1.82 bits per heavy atom. The average molecular weight is 238 g/mol. The summed E-state index contributed by atoms with van der Waals surface area (Å²) in [7, 11) is 0. The van der Waals surface area contributed by atoms with Gasteiger partial charge in [0, 0.05) is 0 Å². The van der Waals surface area contributed by atoms with Gasteiger partial charge in [0.1, 0.15) is 0 Å². The summed E-state index contributed by atoms with van der Waals surface area (Å²) in [5.41, 5.74) is 1.50. The summed E-state index contributed by atoms with van der Waals surface area (Å²) in [4.78, 5) is 0. The number of aliphatic hydroxyl groups is 1. The Morgan fingerprint density at radius 2 is 1.35 bits per heavy atom. The number of hydrogen-bond donors (Lipinski definition) is 1. The van der Waals surface area contributed by atoms with E-state index in [1.54, 1.807) is 24.3 Å². The summed E-state index contributed by atoms with van der Waals surface area (Å²) in [6.45, 7) is -0.105. The SMILES string of the molecule is OCc1ccc(-c2cc(F)c(F)c(F)c2)cc1. The van der Waals surface area contributed by atoms with E-state index in [2.05, 4.69) is 0 Å². The van der Waals surface area contributed by atoms with Gasteiger partial charge in [-0.15, -0.1) is 0 Å². The normalized spacial score (nSPS) is 10.6. The summed E-state index contributed by atoms with van der Waals surface area (Å²) in [6, 6.07) is 8.36. The molecule has 0 aliphatic heterocycles. The largest absolute Gasteiger partial charge is 0.392 e. The Hall–Kier alpha value is -1.81. The first-order valence-corrected chi connectivity index (χ1v) is 4.96. The highest BCUT2D eigenvalue weighted by molar-refractivity contribution is 5.63. The quantitative estimate of drug-likeness (QED) is 0.796. The Morgan fingerprint density at radius 1 is 0.824 bits per heavy atom. The van der Waals surface area contributed by atoms with Crippen molar-refractivity contribution in [2.45, 2.75) is 6.61 Å². The monoisotopic (exact) mass is 238 g/mol. The second kappa shape index (κ2) is 4.59. The molecule has 0 amide bonds. The Labute approximate surface area is 96.1 Å². The maximum Gasteiger partial charge on any atom is 0.194 e. The van der Waals surface area contributed by atoms with E-state index in [0.29, 0.717) is 11.1 Å². The van der Waals surface area contributed by atoms with Crippen LogP contribution in [0.15, 0.2) is 36.4 Å². The molecule has 0 atom stereocenters. The van der Waals surface area contributed by atoms with Crippen LogP contribution in [0.2, 0.25) is 0 Å². The molecule has 2 aromatic rings. The van der Waals surface area contributed by atoms with Gasteiger partial charge in [0.15, 0.2) is 17.5 Å². The molecule has 17 heavy (non-hydrogen) atoms. The predicted molar refractivity (Wildman–Crippen MR) is 57.7 cm³/mol. The standard InChI is InChI=1S/C13H9F3O/c14-11-5-10(6-12(15)13(11)16)9-3-1-8(7-17)2-4-9/h1-6,17H,7H2. The summed E-state index contributed by atoms with van der Waals surface area (Å²) >= 11 is 0. The van der Waals surface area contributed by atoms with Crippen LogP contribution in [0.25, 0.3) is 11.1 Å². The van der Waals surface area contributed by atoms with Crippen LogP contribution in [0.5, 0.6) is 0 Å². The fraction of sp³-hybridized carbons (Fsp3) is 0.0769. The highest BCUT2D eigenvalue weighted by atomic mass is 19.2. The molecule has 0 aliphatic rings. The van der Waals surface area contributed by atoms with Crippen LogP contribution in [0, 0.1) is 17.5 Å². The third-order valence-corrected chi connectivity index (χ3v) is 2.45. The zero-order valence-corrected chi connectivity index (χ0v) is 8.75. The molecule has 2 aromatic carbocycles. The lowest BCUT2D eigenvalue weighted by atomic mass is 10.0. The van der Waals surface area contributed by atoms with Gasteiger partial charge in [0.2, 0.25) is 0 Å². The molecule has 0 spiro atoms. The minimum atomic E-state index is -1.47.